The first-order valence-electron chi connectivity index (χ1n) is 4.88. The zero-order valence-corrected chi connectivity index (χ0v) is 11.2. The molecule has 78 valence electrons. The predicted molar refractivity (Wildman–Crippen MR) is 70.5 cm³/mol. The van der Waals surface area contributed by atoms with Gasteiger partial charge in [-0.1, -0.05) is 60.7 Å². The molecule has 17 heavy (non-hydrogen) atoms. The van der Waals surface area contributed by atoms with Gasteiger partial charge in [-0.3, -0.25) is 0 Å². The topological polar surface area (TPSA) is 0 Å². The van der Waals surface area contributed by atoms with Crippen LogP contribution in [0.15, 0.2) is 71.4 Å². The summed E-state index contributed by atoms with van der Waals surface area (Å²) >= 11 is 1.71. The molecule has 0 aliphatic carbocycles. The fraction of sp³-hybridized carbons (Fsp3) is 0. The maximum Gasteiger partial charge on any atom is 1.00 e. The summed E-state index contributed by atoms with van der Waals surface area (Å²) in [6, 6.07) is 20.8. The van der Waals surface area contributed by atoms with Crippen molar-refractivity contribution in [1.29, 1.82) is 0 Å². The van der Waals surface area contributed by atoms with Crippen molar-refractivity contribution in [2.45, 2.75) is 0 Å². The molecular formula is C14H14Li2S. The minimum absolute atomic E-state index is 0. The van der Waals surface area contributed by atoms with Gasteiger partial charge in [0, 0.05) is 0 Å². The van der Waals surface area contributed by atoms with Crippen LogP contribution in [0.5, 0.6) is 0 Å². The van der Waals surface area contributed by atoms with E-state index in [2.05, 4.69) is 48.5 Å². The number of fused-ring (bicyclic) bond motifs is 1. The molecule has 0 atom stereocenters. The standard InChI is InChI=1S/C10H8.C4H4S.2Li.2H/c1-2-6-10-8-4-3-7-9(10)5-1;1-2-4-5-3-1;;;;/h1-8H;1-4H;;;;/q;;2*+1;2*-1. The summed E-state index contributed by atoms with van der Waals surface area (Å²) in [5.41, 5.74) is 0. The maximum atomic E-state index is 2.12. The number of hydrogen-bond donors (Lipinski definition) is 0. The van der Waals surface area contributed by atoms with E-state index in [0.29, 0.717) is 0 Å². The van der Waals surface area contributed by atoms with Gasteiger partial charge in [-0.05, 0) is 21.5 Å². The second kappa shape index (κ2) is 9.61. The van der Waals surface area contributed by atoms with E-state index in [1.807, 2.05) is 22.9 Å². The van der Waals surface area contributed by atoms with E-state index < -0.39 is 0 Å². The molecule has 2 aromatic carbocycles. The molecule has 0 aliphatic heterocycles. The van der Waals surface area contributed by atoms with Gasteiger partial charge in [-0.15, -0.1) is 0 Å². The van der Waals surface area contributed by atoms with Crippen molar-refractivity contribution in [3.8, 4) is 0 Å². The van der Waals surface area contributed by atoms with Crippen LogP contribution in [0.1, 0.15) is 2.85 Å². The van der Waals surface area contributed by atoms with E-state index in [4.69, 9.17) is 0 Å². The Morgan fingerprint density at radius 3 is 1.18 bits per heavy atom. The molecular weight excluding hydrogens is 214 g/mol. The molecule has 0 unspecified atom stereocenters. The Morgan fingerprint density at radius 1 is 0.588 bits per heavy atom. The van der Waals surface area contributed by atoms with Crippen LogP contribution in [0, 0.1) is 0 Å². The average molecular weight is 228 g/mol. The van der Waals surface area contributed by atoms with Crippen molar-refractivity contribution in [1.82, 2.24) is 0 Å². The molecule has 1 aromatic heterocycles. The number of hydrogen-bond acceptors (Lipinski definition) is 1. The first-order chi connectivity index (χ1) is 7.47. The van der Waals surface area contributed by atoms with Crippen LogP contribution in [-0.2, 0) is 0 Å². The number of benzene rings is 2. The van der Waals surface area contributed by atoms with Crippen molar-refractivity contribution >= 4 is 22.1 Å². The summed E-state index contributed by atoms with van der Waals surface area (Å²) in [6.45, 7) is 0. The summed E-state index contributed by atoms with van der Waals surface area (Å²) in [4.78, 5) is 0. The third-order valence-electron chi connectivity index (χ3n) is 2.08. The number of thiophene rings is 1. The fourth-order valence-corrected chi connectivity index (χ4v) is 1.81. The fourth-order valence-electron chi connectivity index (χ4n) is 1.36. The minimum Gasteiger partial charge on any atom is -1.00 e. The van der Waals surface area contributed by atoms with Gasteiger partial charge < -0.3 is 2.85 Å². The van der Waals surface area contributed by atoms with Crippen LogP contribution in [0.3, 0.4) is 0 Å². The molecule has 0 bridgehead atoms. The third kappa shape index (κ3) is 5.65. The minimum atomic E-state index is 0. The second-order valence-electron chi connectivity index (χ2n) is 3.14. The molecule has 3 rings (SSSR count). The zero-order chi connectivity index (χ0) is 10.3. The van der Waals surface area contributed by atoms with Gasteiger partial charge in [0.1, 0.15) is 0 Å². The van der Waals surface area contributed by atoms with Gasteiger partial charge in [0.2, 0.25) is 0 Å². The van der Waals surface area contributed by atoms with Crippen LogP contribution >= 0.6 is 11.3 Å². The first-order valence-corrected chi connectivity index (χ1v) is 5.82. The predicted octanol–water partition coefficient (Wildman–Crippen LogP) is -1.18. The van der Waals surface area contributed by atoms with Crippen LogP contribution < -0.4 is 37.7 Å². The Balaban J connectivity index is -0.000000253. The molecule has 0 amide bonds. The third-order valence-corrected chi connectivity index (χ3v) is 2.71. The molecule has 0 radical (unpaired) electrons. The largest absolute Gasteiger partial charge is 1.00 e. The molecule has 0 N–H and O–H groups in total. The van der Waals surface area contributed by atoms with Crippen molar-refractivity contribution in [3.05, 3.63) is 71.4 Å². The Bertz CT molecular complexity index is 433. The molecule has 3 heteroatoms. The van der Waals surface area contributed by atoms with Gasteiger partial charge in [0.05, 0.1) is 0 Å². The molecule has 0 saturated heterocycles. The Morgan fingerprint density at radius 2 is 0.941 bits per heavy atom. The van der Waals surface area contributed by atoms with E-state index in [9.17, 15) is 0 Å². The van der Waals surface area contributed by atoms with E-state index >= 15 is 0 Å². The van der Waals surface area contributed by atoms with Crippen LogP contribution in [0.25, 0.3) is 10.8 Å². The summed E-state index contributed by atoms with van der Waals surface area (Å²) in [5, 5.41) is 6.70. The van der Waals surface area contributed by atoms with Crippen LogP contribution in [0.2, 0.25) is 0 Å². The van der Waals surface area contributed by atoms with Crippen LogP contribution in [0.4, 0.5) is 0 Å². The van der Waals surface area contributed by atoms with Gasteiger partial charge in [-0.25, -0.2) is 0 Å². The monoisotopic (exact) mass is 228 g/mol. The van der Waals surface area contributed by atoms with Crippen molar-refractivity contribution < 1.29 is 40.6 Å². The van der Waals surface area contributed by atoms with Crippen molar-refractivity contribution in [2.24, 2.45) is 0 Å². The summed E-state index contributed by atoms with van der Waals surface area (Å²) in [5.74, 6) is 0. The second-order valence-corrected chi connectivity index (χ2v) is 3.96. The SMILES string of the molecule is [H-].[H-].[Li+].[Li+].c1ccc2ccccc2c1.c1ccsc1. The number of rotatable bonds is 0. The Labute approximate surface area is 133 Å². The van der Waals surface area contributed by atoms with Gasteiger partial charge in [0.15, 0.2) is 0 Å². The van der Waals surface area contributed by atoms with Crippen molar-refractivity contribution in [3.63, 3.8) is 0 Å². The molecule has 3 aromatic rings. The summed E-state index contributed by atoms with van der Waals surface area (Å²) < 4.78 is 0. The Hall–Kier alpha value is -0.405. The average Bonchev–Trinajstić information content (AvgIpc) is 2.88. The van der Waals surface area contributed by atoms with Crippen LogP contribution in [-0.4, -0.2) is 0 Å². The smallest absolute Gasteiger partial charge is 1.00 e. The molecule has 0 nitrogen and oxygen atoms in total. The van der Waals surface area contributed by atoms with Gasteiger partial charge >= 0.3 is 37.7 Å². The first kappa shape index (κ1) is 16.6. The Kier molecular flexibility index (Phi) is 9.38. The molecule has 0 spiro atoms. The summed E-state index contributed by atoms with van der Waals surface area (Å²) in [7, 11) is 0. The van der Waals surface area contributed by atoms with E-state index in [1.165, 1.54) is 10.8 Å². The quantitative estimate of drug-likeness (QED) is 0.425. The van der Waals surface area contributed by atoms with E-state index in [-0.39, 0.29) is 40.6 Å². The molecule has 1 heterocycles. The van der Waals surface area contributed by atoms with Crippen molar-refractivity contribution in [2.75, 3.05) is 0 Å². The molecule has 0 saturated carbocycles. The van der Waals surface area contributed by atoms with E-state index in [1.54, 1.807) is 11.3 Å². The van der Waals surface area contributed by atoms with E-state index in [0.717, 1.165) is 0 Å². The van der Waals surface area contributed by atoms with Gasteiger partial charge in [-0.2, -0.15) is 11.3 Å². The normalized spacial score (nSPS) is 8.24. The molecule has 0 aliphatic rings. The van der Waals surface area contributed by atoms with Gasteiger partial charge in [0.25, 0.3) is 0 Å². The summed E-state index contributed by atoms with van der Waals surface area (Å²) in [6.07, 6.45) is 0. The molecule has 0 fully saturated rings. The zero-order valence-electron chi connectivity index (χ0n) is 12.3. The maximum absolute atomic E-state index is 2.12.